The van der Waals surface area contributed by atoms with Gasteiger partial charge in [-0.2, -0.15) is 0 Å². The van der Waals surface area contributed by atoms with Crippen LogP contribution in [0.2, 0.25) is 0 Å². The summed E-state index contributed by atoms with van der Waals surface area (Å²) in [5.41, 5.74) is 4.93. The molecular weight excluding hydrogens is 433 g/mol. The number of benzene rings is 3. The lowest BCUT2D eigenvalue weighted by atomic mass is 9.99. The summed E-state index contributed by atoms with van der Waals surface area (Å²) >= 11 is 0. The maximum atomic E-state index is 13.8. The van der Waals surface area contributed by atoms with E-state index in [4.69, 9.17) is 13.9 Å². The van der Waals surface area contributed by atoms with Crippen LogP contribution in [0, 0.1) is 12.7 Å². The monoisotopic (exact) mass is 459 g/mol. The largest absolute Gasteiger partial charge is 0.497 e. The van der Waals surface area contributed by atoms with Gasteiger partial charge in [0.25, 0.3) is 0 Å². The fraction of sp³-hybridized carbons (Fsp3) is 0.179. The first-order valence-corrected chi connectivity index (χ1v) is 11.0. The zero-order valence-corrected chi connectivity index (χ0v) is 19.6. The maximum Gasteiger partial charge on any atom is 0.248 e. The summed E-state index contributed by atoms with van der Waals surface area (Å²) in [4.78, 5) is 12.7. The smallest absolute Gasteiger partial charge is 0.248 e. The number of carbonyl (C=O) groups is 1. The van der Waals surface area contributed by atoms with Gasteiger partial charge in [-0.25, -0.2) is 4.39 Å². The predicted molar refractivity (Wildman–Crippen MR) is 133 cm³/mol. The molecular formula is C28H26FNO4. The average Bonchev–Trinajstić information content (AvgIpc) is 3.24. The number of halogens is 1. The number of hydrogen-bond donors (Lipinski definition) is 1. The minimum absolute atomic E-state index is 0.358. The fourth-order valence-electron chi connectivity index (χ4n) is 3.78. The van der Waals surface area contributed by atoms with Crippen LogP contribution in [-0.2, 0) is 4.79 Å². The van der Waals surface area contributed by atoms with Crippen molar-refractivity contribution in [2.45, 2.75) is 20.8 Å². The molecule has 1 heterocycles. The van der Waals surface area contributed by atoms with Crippen LogP contribution >= 0.6 is 0 Å². The quantitative estimate of drug-likeness (QED) is 0.302. The molecule has 174 valence electrons. The summed E-state index contributed by atoms with van der Waals surface area (Å²) in [7, 11) is 1.63. The van der Waals surface area contributed by atoms with Crippen LogP contribution in [0.3, 0.4) is 0 Å². The molecule has 1 amide bonds. The number of carbonyl (C=O) groups excluding carboxylic acids is 1. The van der Waals surface area contributed by atoms with E-state index in [1.54, 1.807) is 32.4 Å². The van der Waals surface area contributed by atoms with Crippen molar-refractivity contribution in [2.75, 3.05) is 19.0 Å². The Labute approximate surface area is 197 Å². The lowest BCUT2D eigenvalue weighted by Gasteiger charge is -2.12. The number of anilines is 1. The molecule has 6 heteroatoms. The minimum Gasteiger partial charge on any atom is -0.497 e. The number of rotatable bonds is 7. The Morgan fingerprint density at radius 3 is 2.71 bits per heavy atom. The first-order chi connectivity index (χ1) is 16.4. The van der Waals surface area contributed by atoms with Gasteiger partial charge in [0.05, 0.1) is 20.0 Å². The van der Waals surface area contributed by atoms with E-state index in [0.29, 0.717) is 34.8 Å². The van der Waals surface area contributed by atoms with Gasteiger partial charge in [-0.15, -0.1) is 0 Å². The van der Waals surface area contributed by atoms with E-state index in [1.807, 2.05) is 50.2 Å². The van der Waals surface area contributed by atoms with Crippen molar-refractivity contribution in [2.24, 2.45) is 0 Å². The molecule has 4 rings (SSSR count). The Bertz CT molecular complexity index is 1390. The Morgan fingerprint density at radius 1 is 1.15 bits per heavy atom. The Hall–Kier alpha value is -4.06. The molecule has 3 aromatic carbocycles. The van der Waals surface area contributed by atoms with Crippen LogP contribution in [0.25, 0.3) is 27.7 Å². The van der Waals surface area contributed by atoms with Crippen LogP contribution in [0.5, 0.6) is 11.5 Å². The van der Waals surface area contributed by atoms with E-state index < -0.39 is 0 Å². The predicted octanol–water partition coefficient (Wildman–Crippen LogP) is 7.00. The molecule has 0 saturated heterocycles. The molecule has 34 heavy (non-hydrogen) atoms. The van der Waals surface area contributed by atoms with Gasteiger partial charge in [-0.1, -0.05) is 18.2 Å². The third-order valence-corrected chi connectivity index (χ3v) is 5.57. The Kier molecular flexibility index (Phi) is 6.68. The van der Waals surface area contributed by atoms with E-state index in [1.165, 1.54) is 12.1 Å². The highest BCUT2D eigenvalue weighted by atomic mass is 19.1. The number of methoxy groups -OCH3 is 1. The van der Waals surface area contributed by atoms with E-state index in [0.717, 1.165) is 27.8 Å². The van der Waals surface area contributed by atoms with E-state index in [-0.39, 0.29) is 11.7 Å². The Balaban J connectivity index is 1.72. The summed E-state index contributed by atoms with van der Waals surface area (Å²) in [6, 6.07) is 16.1. The van der Waals surface area contributed by atoms with Crippen molar-refractivity contribution in [3.8, 4) is 22.6 Å². The molecule has 0 fully saturated rings. The molecule has 1 aromatic heterocycles. The third-order valence-electron chi connectivity index (χ3n) is 5.57. The second kappa shape index (κ2) is 9.83. The highest BCUT2D eigenvalue weighted by Crippen LogP contribution is 2.38. The van der Waals surface area contributed by atoms with Crippen LogP contribution < -0.4 is 14.8 Å². The number of hydrogen-bond acceptors (Lipinski definition) is 4. The van der Waals surface area contributed by atoms with Crippen molar-refractivity contribution in [3.63, 3.8) is 0 Å². The summed E-state index contributed by atoms with van der Waals surface area (Å²) in [5.74, 6) is 0.638. The third kappa shape index (κ3) is 4.81. The highest BCUT2D eigenvalue weighted by molar-refractivity contribution is 6.05. The number of amides is 1. The van der Waals surface area contributed by atoms with Crippen LogP contribution in [-0.4, -0.2) is 19.6 Å². The highest BCUT2D eigenvalue weighted by Gasteiger charge is 2.16. The number of aryl methyl sites for hydroxylation is 1. The zero-order valence-electron chi connectivity index (χ0n) is 19.6. The standard InChI is InChI=1S/C28H26FNO4/c1-5-33-26-15-27-23(24(16-34-27)19-7-6-8-21(12-19)32-4)14-22(26)18(3)11-28(31)30-20-10-9-17(2)25(29)13-20/h6-16H,5H2,1-4H3,(H,30,31)/b18-11+. The number of allylic oxidation sites excluding steroid dienone is 1. The number of ether oxygens (including phenoxy) is 2. The Morgan fingerprint density at radius 2 is 1.97 bits per heavy atom. The van der Waals surface area contributed by atoms with Crippen LogP contribution in [0.15, 0.2) is 71.4 Å². The van der Waals surface area contributed by atoms with Gasteiger partial charge in [0.2, 0.25) is 5.91 Å². The van der Waals surface area contributed by atoms with Crippen molar-refractivity contribution in [1.29, 1.82) is 0 Å². The van der Waals surface area contributed by atoms with Gasteiger partial charge >= 0.3 is 0 Å². The lowest BCUT2D eigenvalue weighted by Crippen LogP contribution is -2.09. The topological polar surface area (TPSA) is 60.7 Å². The van der Waals surface area contributed by atoms with E-state index in [2.05, 4.69) is 5.32 Å². The molecule has 0 aliphatic carbocycles. The summed E-state index contributed by atoms with van der Waals surface area (Å²) in [6.45, 7) is 5.87. The first kappa shape index (κ1) is 23.1. The minimum atomic E-state index is -0.368. The maximum absolute atomic E-state index is 13.8. The number of fused-ring (bicyclic) bond motifs is 1. The summed E-state index contributed by atoms with van der Waals surface area (Å²) < 4.78 is 30.9. The fourth-order valence-corrected chi connectivity index (χ4v) is 3.78. The molecule has 4 aromatic rings. The van der Waals surface area contributed by atoms with Gasteiger partial charge in [0, 0.05) is 34.3 Å². The number of nitrogens with one attached hydrogen (secondary N) is 1. The van der Waals surface area contributed by atoms with Gasteiger partial charge in [-0.3, -0.25) is 4.79 Å². The average molecular weight is 460 g/mol. The first-order valence-electron chi connectivity index (χ1n) is 11.0. The van der Waals surface area contributed by atoms with Crippen LogP contribution in [0.1, 0.15) is 25.0 Å². The lowest BCUT2D eigenvalue weighted by molar-refractivity contribution is -0.111. The van der Waals surface area contributed by atoms with E-state index >= 15 is 0 Å². The molecule has 0 unspecified atom stereocenters. The van der Waals surface area contributed by atoms with Crippen molar-refractivity contribution in [3.05, 3.63) is 83.9 Å². The second-order valence-corrected chi connectivity index (χ2v) is 7.94. The summed E-state index contributed by atoms with van der Waals surface area (Å²) in [6.07, 6.45) is 3.18. The molecule has 0 aliphatic rings. The molecule has 5 nitrogen and oxygen atoms in total. The van der Waals surface area contributed by atoms with Gasteiger partial charge in [-0.05, 0) is 67.8 Å². The molecule has 0 atom stereocenters. The molecule has 0 spiro atoms. The second-order valence-electron chi connectivity index (χ2n) is 7.94. The molecule has 0 aliphatic heterocycles. The molecule has 0 radical (unpaired) electrons. The van der Waals surface area contributed by atoms with Crippen LogP contribution in [0.4, 0.5) is 10.1 Å². The van der Waals surface area contributed by atoms with Crippen molar-refractivity contribution in [1.82, 2.24) is 0 Å². The summed E-state index contributed by atoms with van der Waals surface area (Å²) in [5, 5.41) is 3.60. The van der Waals surface area contributed by atoms with Gasteiger partial charge < -0.3 is 19.2 Å². The van der Waals surface area contributed by atoms with E-state index in [9.17, 15) is 9.18 Å². The number of furan rings is 1. The van der Waals surface area contributed by atoms with Crippen molar-refractivity contribution < 1.29 is 23.1 Å². The zero-order chi connectivity index (χ0) is 24.2. The van der Waals surface area contributed by atoms with Crippen molar-refractivity contribution >= 4 is 28.1 Å². The normalized spacial score (nSPS) is 11.5. The van der Waals surface area contributed by atoms with Gasteiger partial charge in [0.15, 0.2) is 0 Å². The molecule has 0 saturated carbocycles. The van der Waals surface area contributed by atoms with Gasteiger partial charge in [0.1, 0.15) is 22.9 Å². The molecule has 0 bridgehead atoms. The molecule has 1 N–H and O–H groups in total. The SMILES string of the molecule is CCOc1cc2occ(-c3cccc(OC)c3)c2cc1/C(C)=C/C(=O)Nc1ccc(C)c(F)c1.